The Labute approximate surface area is 119 Å². The van der Waals surface area contributed by atoms with Crippen molar-refractivity contribution >= 4 is 34.5 Å². The summed E-state index contributed by atoms with van der Waals surface area (Å²) >= 11 is 2.89. The molecule has 3 aromatic rings. The summed E-state index contributed by atoms with van der Waals surface area (Å²) in [6.45, 7) is 3.98. The van der Waals surface area contributed by atoms with E-state index in [1.54, 1.807) is 11.8 Å². The quantitative estimate of drug-likeness (QED) is 0.546. The Kier molecular flexibility index (Phi) is 3.44. The second-order valence-electron chi connectivity index (χ2n) is 4.31. The average molecular weight is 288 g/mol. The van der Waals surface area contributed by atoms with Gasteiger partial charge in [-0.05, 0) is 37.6 Å². The van der Waals surface area contributed by atoms with E-state index in [1.165, 1.54) is 17.3 Å². The van der Waals surface area contributed by atoms with Crippen LogP contribution in [-0.2, 0) is 5.75 Å². The molecule has 0 saturated heterocycles. The van der Waals surface area contributed by atoms with Gasteiger partial charge >= 0.3 is 0 Å². The Hall–Kier alpha value is -1.53. The predicted octanol–water partition coefficient (Wildman–Crippen LogP) is 3.39. The van der Waals surface area contributed by atoms with Gasteiger partial charge in [-0.15, -0.1) is 0 Å². The van der Waals surface area contributed by atoms with E-state index in [2.05, 4.69) is 30.8 Å². The summed E-state index contributed by atoms with van der Waals surface area (Å²) in [6.07, 6.45) is 0. The maximum atomic E-state index is 4.43. The van der Waals surface area contributed by atoms with Gasteiger partial charge in [-0.1, -0.05) is 17.8 Å². The van der Waals surface area contributed by atoms with E-state index in [-0.39, 0.29) is 0 Å². The first-order valence-corrected chi connectivity index (χ1v) is 7.58. The van der Waals surface area contributed by atoms with E-state index in [4.69, 9.17) is 0 Å². The minimum atomic E-state index is 0.828. The number of rotatable bonds is 3. The summed E-state index contributed by atoms with van der Waals surface area (Å²) < 4.78 is 8.45. The van der Waals surface area contributed by atoms with Crippen molar-refractivity contribution in [3.63, 3.8) is 0 Å². The molecule has 0 atom stereocenters. The molecule has 19 heavy (non-hydrogen) atoms. The van der Waals surface area contributed by atoms with Crippen LogP contribution in [0.15, 0.2) is 29.4 Å². The number of aryl methyl sites for hydroxylation is 2. The molecular weight excluding hydrogens is 276 g/mol. The van der Waals surface area contributed by atoms with E-state index in [0.29, 0.717) is 0 Å². The van der Waals surface area contributed by atoms with Gasteiger partial charge in [0.05, 0.1) is 11.7 Å². The lowest BCUT2D eigenvalue weighted by Crippen LogP contribution is -1.93. The SMILES string of the molecule is Cc1cc(C)nc(SCc2ccc3nsnc3c2)n1. The summed E-state index contributed by atoms with van der Waals surface area (Å²) in [5.74, 6) is 0.844. The normalized spacial score (nSPS) is 11.1. The minimum absolute atomic E-state index is 0.828. The van der Waals surface area contributed by atoms with Gasteiger partial charge in [0.1, 0.15) is 11.0 Å². The Balaban J connectivity index is 1.77. The number of benzene rings is 1. The number of fused-ring (bicyclic) bond motifs is 1. The highest BCUT2D eigenvalue weighted by molar-refractivity contribution is 7.98. The number of nitrogens with zero attached hydrogens (tertiary/aromatic N) is 4. The first kappa shape index (κ1) is 12.5. The highest BCUT2D eigenvalue weighted by Gasteiger charge is 2.04. The van der Waals surface area contributed by atoms with Crippen molar-refractivity contribution < 1.29 is 0 Å². The fraction of sp³-hybridized carbons (Fsp3) is 0.231. The summed E-state index contributed by atoms with van der Waals surface area (Å²) in [6, 6.07) is 8.15. The number of aromatic nitrogens is 4. The smallest absolute Gasteiger partial charge is 0.188 e. The highest BCUT2D eigenvalue weighted by atomic mass is 32.2. The molecule has 1 aromatic carbocycles. The zero-order valence-electron chi connectivity index (χ0n) is 10.6. The van der Waals surface area contributed by atoms with E-state index >= 15 is 0 Å². The van der Waals surface area contributed by atoms with Gasteiger partial charge in [-0.3, -0.25) is 0 Å². The van der Waals surface area contributed by atoms with Crippen molar-refractivity contribution in [2.24, 2.45) is 0 Å². The molecule has 0 unspecified atom stereocenters. The molecule has 0 amide bonds. The third kappa shape index (κ3) is 2.90. The van der Waals surface area contributed by atoms with Crippen molar-refractivity contribution in [3.8, 4) is 0 Å². The lowest BCUT2D eigenvalue weighted by Gasteiger charge is -2.03. The molecule has 2 aromatic heterocycles. The van der Waals surface area contributed by atoms with Crippen LogP contribution in [-0.4, -0.2) is 18.7 Å². The van der Waals surface area contributed by atoms with Gasteiger partial charge in [0, 0.05) is 17.1 Å². The molecule has 0 aliphatic carbocycles. The maximum absolute atomic E-state index is 4.43. The molecule has 0 N–H and O–H groups in total. The van der Waals surface area contributed by atoms with Crippen LogP contribution in [0.25, 0.3) is 11.0 Å². The van der Waals surface area contributed by atoms with Crippen LogP contribution in [0, 0.1) is 13.8 Å². The van der Waals surface area contributed by atoms with Crippen molar-refractivity contribution in [1.82, 2.24) is 18.7 Å². The van der Waals surface area contributed by atoms with Crippen LogP contribution in [0.3, 0.4) is 0 Å². The molecule has 3 rings (SSSR count). The molecule has 2 heterocycles. The number of thioether (sulfide) groups is 1. The van der Waals surface area contributed by atoms with Crippen LogP contribution in [0.5, 0.6) is 0 Å². The molecule has 0 radical (unpaired) electrons. The second kappa shape index (κ2) is 5.22. The molecular formula is C13H12N4S2. The van der Waals surface area contributed by atoms with Crippen LogP contribution >= 0.6 is 23.5 Å². The molecule has 0 aliphatic rings. The van der Waals surface area contributed by atoms with Crippen LogP contribution in [0.4, 0.5) is 0 Å². The average Bonchev–Trinajstić information content (AvgIpc) is 2.82. The lowest BCUT2D eigenvalue weighted by atomic mass is 10.2. The van der Waals surface area contributed by atoms with Crippen LogP contribution in [0.1, 0.15) is 17.0 Å². The van der Waals surface area contributed by atoms with E-state index in [1.807, 2.05) is 26.0 Å². The Bertz CT molecular complexity index is 703. The second-order valence-corrected chi connectivity index (χ2v) is 5.78. The molecule has 6 heteroatoms. The van der Waals surface area contributed by atoms with Gasteiger partial charge < -0.3 is 0 Å². The molecule has 4 nitrogen and oxygen atoms in total. The number of hydrogen-bond acceptors (Lipinski definition) is 6. The first-order valence-electron chi connectivity index (χ1n) is 5.87. The van der Waals surface area contributed by atoms with Gasteiger partial charge in [-0.2, -0.15) is 8.75 Å². The predicted molar refractivity (Wildman–Crippen MR) is 78.5 cm³/mol. The topological polar surface area (TPSA) is 51.6 Å². The van der Waals surface area contributed by atoms with Crippen molar-refractivity contribution in [1.29, 1.82) is 0 Å². The molecule has 0 bridgehead atoms. The van der Waals surface area contributed by atoms with E-state index < -0.39 is 0 Å². The van der Waals surface area contributed by atoms with Gasteiger partial charge in [-0.25, -0.2) is 9.97 Å². The fourth-order valence-electron chi connectivity index (χ4n) is 1.82. The lowest BCUT2D eigenvalue weighted by molar-refractivity contribution is 0.902. The zero-order chi connectivity index (χ0) is 13.2. The Morgan fingerprint density at radius 2 is 1.74 bits per heavy atom. The standard InChI is InChI=1S/C13H12N4S2/c1-8-5-9(2)15-13(14-8)18-7-10-3-4-11-12(6-10)17-19-16-11/h3-6H,7H2,1-2H3. The molecule has 0 aliphatic heterocycles. The van der Waals surface area contributed by atoms with Gasteiger partial charge in [0.2, 0.25) is 0 Å². The highest BCUT2D eigenvalue weighted by Crippen LogP contribution is 2.22. The first-order chi connectivity index (χ1) is 9.20. The summed E-state index contributed by atoms with van der Waals surface area (Å²) in [4.78, 5) is 8.85. The Morgan fingerprint density at radius 3 is 2.53 bits per heavy atom. The third-order valence-corrected chi connectivity index (χ3v) is 4.12. The monoisotopic (exact) mass is 288 g/mol. The van der Waals surface area contributed by atoms with Crippen LogP contribution < -0.4 is 0 Å². The van der Waals surface area contributed by atoms with Crippen molar-refractivity contribution in [3.05, 3.63) is 41.2 Å². The summed E-state index contributed by atoms with van der Waals surface area (Å²) in [5.41, 5.74) is 5.15. The number of hydrogen-bond donors (Lipinski definition) is 0. The summed E-state index contributed by atoms with van der Waals surface area (Å²) in [5, 5.41) is 0.828. The third-order valence-electron chi connectivity index (χ3n) is 2.65. The van der Waals surface area contributed by atoms with Gasteiger partial charge in [0.25, 0.3) is 0 Å². The largest absolute Gasteiger partial charge is 0.228 e. The zero-order valence-corrected chi connectivity index (χ0v) is 12.3. The molecule has 96 valence electrons. The fourth-order valence-corrected chi connectivity index (χ4v) is 3.23. The Morgan fingerprint density at radius 1 is 1.00 bits per heavy atom. The van der Waals surface area contributed by atoms with E-state index in [9.17, 15) is 0 Å². The molecule has 0 spiro atoms. The summed E-state index contributed by atoms with van der Waals surface area (Å²) in [7, 11) is 0. The molecule has 0 saturated carbocycles. The maximum Gasteiger partial charge on any atom is 0.188 e. The molecule has 0 fully saturated rings. The van der Waals surface area contributed by atoms with E-state index in [0.717, 1.165) is 33.3 Å². The minimum Gasteiger partial charge on any atom is -0.228 e. The van der Waals surface area contributed by atoms with Crippen molar-refractivity contribution in [2.75, 3.05) is 0 Å². The van der Waals surface area contributed by atoms with Crippen LogP contribution in [0.2, 0.25) is 0 Å². The van der Waals surface area contributed by atoms with Crippen molar-refractivity contribution in [2.45, 2.75) is 24.8 Å². The van der Waals surface area contributed by atoms with Gasteiger partial charge in [0.15, 0.2) is 5.16 Å².